The molecule has 0 rings (SSSR count). The van der Waals surface area contributed by atoms with Crippen molar-refractivity contribution in [3.05, 3.63) is 12.2 Å². The summed E-state index contributed by atoms with van der Waals surface area (Å²) in [7, 11) is 0.899. The van der Waals surface area contributed by atoms with Crippen LogP contribution in [0.25, 0.3) is 0 Å². The van der Waals surface area contributed by atoms with Gasteiger partial charge in [-0.05, 0) is 25.7 Å². The Morgan fingerprint density at radius 1 is 0.815 bits per heavy atom. The maximum atomic E-state index is 11.7. The van der Waals surface area contributed by atoms with Crippen LogP contribution in [0.5, 0.6) is 0 Å². The fraction of sp³-hybridized carbons (Fsp3) is 0.905. The number of rotatable bonds is 17. The van der Waals surface area contributed by atoms with Gasteiger partial charge >= 0.3 is 7.60 Å². The Labute approximate surface area is 167 Å². The quantitative estimate of drug-likeness (QED) is 0.134. The molecular weight excluding hydrogens is 361 g/mol. The molecule has 3 N–H and O–H groups in total. The molecule has 0 fully saturated rings. The van der Waals surface area contributed by atoms with Gasteiger partial charge < -0.3 is 19.4 Å². The first kappa shape index (κ1) is 26.8. The van der Waals surface area contributed by atoms with E-state index < -0.39 is 12.9 Å². The van der Waals surface area contributed by atoms with Crippen molar-refractivity contribution in [1.82, 2.24) is 0 Å². The van der Waals surface area contributed by atoms with Gasteiger partial charge in [0.15, 0.2) is 0 Å². The van der Waals surface area contributed by atoms with Crippen LogP contribution < -0.4 is 0 Å². The molecule has 0 radical (unpaired) electrons. The summed E-state index contributed by atoms with van der Waals surface area (Å²) in [5.74, 6) is 0. The van der Waals surface area contributed by atoms with Gasteiger partial charge in [0.25, 0.3) is 0 Å². The van der Waals surface area contributed by atoms with Crippen LogP contribution in [-0.4, -0.2) is 52.4 Å². The highest BCUT2D eigenvalue weighted by molar-refractivity contribution is 7.53. The van der Waals surface area contributed by atoms with Gasteiger partial charge in [0.05, 0.1) is 21.1 Å². The average Bonchev–Trinajstić information content (AvgIpc) is 2.52. The molecule has 1 atom stereocenters. The summed E-state index contributed by atoms with van der Waals surface area (Å²) in [6, 6.07) is 0. The highest BCUT2D eigenvalue weighted by Crippen LogP contribution is 2.52. The molecule has 0 heterocycles. The number of nitrogens with zero attached hydrogens (tertiary/aromatic N) is 1. The monoisotopic (exact) mass is 406 g/mol. The van der Waals surface area contributed by atoms with Gasteiger partial charge in [0, 0.05) is 0 Å². The molecule has 0 bridgehead atoms. The molecule has 6 heteroatoms. The Morgan fingerprint density at radius 2 is 1.26 bits per heavy atom. The molecule has 0 aliphatic rings. The Hall–Kier alpha value is -0.190. The van der Waals surface area contributed by atoms with Gasteiger partial charge in [0.1, 0.15) is 6.54 Å². The van der Waals surface area contributed by atoms with Crippen molar-refractivity contribution in [1.29, 1.82) is 0 Å². The molecule has 0 amide bonds. The second-order valence-corrected chi connectivity index (χ2v) is 10.9. The molecule has 27 heavy (non-hydrogen) atoms. The van der Waals surface area contributed by atoms with Crippen LogP contribution in [0.1, 0.15) is 90.4 Å². The Kier molecular flexibility index (Phi) is 13.8. The van der Waals surface area contributed by atoms with E-state index in [0.29, 0.717) is 10.9 Å². The van der Waals surface area contributed by atoms with Gasteiger partial charge in [-0.25, -0.2) is 0 Å². The average molecular weight is 407 g/mol. The summed E-state index contributed by atoms with van der Waals surface area (Å²) in [6.07, 6.45) is 18.8. The van der Waals surface area contributed by atoms with E-state index in [2.05, 4.69) is 13.0 Å². The lowest BCUT2D eigenvalue weighted by Gasteiger charge is -2.35. The molecular formula is C21H45NO4P+. The summed E-state index contributed by atoms with van der Waals surface area (Å²) in [5, 5.41) is 8.51. The molecule has 0 aromatic carbocycles. The first-order valence-electron chi connectivity index (χ1n) is 10.8. The van der Waals surface area contributed by atoms with E-state index in [1.807, 2.05) is 27.2 Å². The molecule has 162 valence electrons. The second-order valence-electron chi connectivity index (χ2n) is 8.96. The van der Waals surface area contributed by atoms with E-state index >= 15 is 0 Å². The van der Waals surface area contributed by atoms with Crippen molar-refractivity contribution in [2.45, 2.75) is 95.7 Å². The number of aliphatic hydroxyl groups is 1. The lowest BCUT2D eigenvalue weighted by Crippen LogP contribution is -2.49. The van der Waals surface area contributed by atoms with E-state index in [9.17, 15) is 19.5 Å². The highest BCUT2D eigenvalue weighted by Gasteiger charge is 2.48. The Morgan fingerprint density at radius 3 is 1.70 bits per heavy atom. The van der Waals surface area contributed by atoms with E-state index in [0.717, 1.165) is 12.8 Å². The van der Waals surface area contributed by atoms with Crippen molar-refractivity contribution in [3.8, 4) is 0 Å². The first-order valence-corrected chi connectivity index (χ1v) is 12.4. The van der Waals surface area contributed by atoms with Crippen molar-refractivity contribution < 1.29 is 23.9 Å². The number of hydrogen-bond acceptors (Lipinski definition) is 2. The molecule has 0 saturated heterocycles. The fourth-order valence-corrected chi connectivity index (χ4v) is 4.41. The zero-order valence-corrected chi connectivity index (χ0v) is 19.1. The van der Waals surface area contributed by atoms with Gasteiger partial charge in [0.2, 0.25) is 5.34 Å². The van der Waals surface area contributed by atoms with E-state index in [-0.39, 0.29) is 13.0 Å². The zero-order chi connectivity index (χ0) is 20.8. The first-order chi connectivity index (χ1) is 12.5. The van der Waals surface area contributed by atoms with Crippen LogP contribution in [0.2, 0.25) is 0 Å². The van der Waals surface area contributed by atoms with Crippen LogP contribution in [0, 0.1) is 0 Å². The van der Waals surface area contributed by atoms with Gasteiger partial charge in [-0.1, -0.05) is 76.9 Å². The molecule has 5 nitrogen and oxygen atoms in total. The van der Waals surface area contributed by atoms with Crippen LogP contribution in [0.4, 0.5) is 0 Å². The second kappa shape index (κ2) is 13.9. The van der Waals surface area contributed by atoms with Gasteiger partial charge in [-0.15, -0.1) is 0 Å². The lowest BCUT2D eigenvalue weighted by molar-refractivity contribution is -0.875. The normalized spacial score (nSPS) is 15.4. The number of hydrogen-bond donors (Lipinski definition) is 3. The number of quaternary nitrogens is 1. The summed E-state index contributed by atoms with van der Waals surface area (Å²) >= 11 is 0. The fourth-order valence-electron chi connectivity index (χ4n) is 3.38. The summed E-state index contributed by atoms with van der Waals surface area (Å²) < 4.78 is 12.0. The predicted molar refractivity (Wildman–Crippen MR) is 115 cm³/mol. The van der Waals surface area contributed by atoms with Gasteiger partial charge in [-0.3, -0.25) is 4.57 Å². The van der Waals surface area contributed by atoms with Crippen LogP contribution >= 0.6 is 7.60 Å². The molecule has 0 aliphatic carbocycles. The maximum absolute atomic E-state index is 11.7. The van der Waals surface area contributed by atoms with Crippen molar-refractivity contribution >= 4 is 7.60 Å². The van der Waals surface area contributed by atoms with Crippen molar-refractivity contribution in [3.63, 3.8) is 0 Å². The van der Waals surface area contributed by atoms with E-state index in [1.54, 1.807) is 0 Å². The number of unbranched alkanes of at least 4 members (excludes halogenated alkanes) is 10. The summed E-state index contributed by atoms with van der Waals surface area (Å²) in [6.45, 7) is 2.28. The van der Waals surface area contributed by atoms with Gasteiger partial charge in [-0.2, -0.15) is 0 Å². The smallest absolute Gasteiger partial charge is 0.362 e. The minimum absolute atomic E-state index is 0.0313. The Balaban J connectivity index is 3.85. The number of likely N-dealkylation sites (N-methyl/N-ethyl adjacent to an activating group) is 1. The molecule has 0 aromatic heterocycles. The third-order valence-corrected chi connectivity index (χ3v) is 6.32. The minimum Gasteiger partial charge on any atom is -0.373 e. The summed E-state index contributed by atoms with van der Waals surface area (Å²) in [4.78, 5) is 19.1. The van der Waals surface area contributed by atoms with Crippen LogP contribution in [-0.2, 0) is 4.57 Å². The summed E-state index contributed by atoms with van der Waals surface area (Å²) in [5.41, 5.74) is 0. The van der Waals surface area contributed by atoms with Crippen molar-refractivity contribution in [2.75, 3.05) is 27.7 Å². The standard InChI is InChI=1S/C21H44NO4P/c1-5-6-7-8-9-10-11-12-13-14-15-16-17-18-19-21(23,27(24,25)26)20-22(2,3)4/h16-17,23H,5-15,18-20H2,1-4H3,(H-,24,25,26)/p+1/b17-16-. The van der Waals surface area contributed by atoms with Crippen LogP contribution in [0.3, 0.4) is 0 Å². The molecule has 0 spiro atoms. The third-order valence-electron chi connectivity index (χ3n) is 4.87. The molecule has 0 aromatic rings. The SMILES string of the molecule is CCCCCCCCCCCC/C=C\CCC(O)(C[N+](C)(C)C)P(=O)(O)O. The van der Waals surface area contributed by atoms with Crippen molar-refractivity contribution in [2.24, 2.45) is 0 Å². The van der Waals surface area contributed by atoms with E-state index in [4.69, 9.17) is 0 Å². The molecule has 0 aliphatic heterocycles. The minimum atomic E-state index is -4.56. The Bertz CT molecular complexity index is 442. The van der Waals surface area contributed by atoms with Crippen LogP contribution in [0.15, 0.2) is 12.2 Å². The predicted octanol–water partition coefficient (Wildman–Crippen LogP) is 5.21. The molecule has 0 saturated carbocycles. The number of allylic oxidation sites excluding steroid dienone is 2. The zero-order valence-electron chi connectivity index (χ0n) is 18.2. The maximum Gasteiger partial charge on any atom is 0.362 e. The topological polar surface area (TPSA) is 77.8 Å². The third kappa shape index (κ3) is 14.5. The van der Waals surface area contributed by atoms with E-state index in [1.165, 1.54) is 57.8 Å². The lowest BCUT2D eigenvalue weighted by atomic mass is 10.1. The molecule has 1 unspecified atom stereocenters. The highest BCUT2D eigenvalue weighted by atomic mass is 31.2. The largest absolute Gasteiger partial charge is 0.373 e.